The highest BCUT2D eigenvalue weighted by Gasteiger charge is 2.14. The van der Waals surface area contributed by atoms with Crippen LogP contribution in [0.15, 0.2) is 132 Å². The van der Waals surface area contributed by atoms with Gasteiger partial charge in [0.1, 0.15) is 0 Å². The quantitative estimate of drug-likeness (QED) is 0.213. The van der Waals surface area contributed by atoms with Gasteiger partial charge in [0.25, 0.3) is 0 Å². The van der Waals surface area contributed by atoms with Crippen LogP contribution in [0.1, 0.15) is 5.56 Å². The van der Waals surface area contributed by atoms with Crippen molar-refractivity contribution in [1.82, 2.24) is 0 Å². The number of nitrogens with two attached hydrogens (primary N) is 1. The van der Waals surface area contributed by atoms with E-state index < -0.39 is 0 Å². The zero-order chi connectivity index (χ0) is 23.6. The van der Waals surface area contributed by atoms with Crippen molar-refractivity contribution in [2.75, 3.05) is 5.73 Å². The molecule has 2 heteroatoms. The number of para-hydroxylation sites is 1. The molecule has 0 saturated heterocycles. The molecule has 0 atom stereocenters. The van der Waals surface area contributed by atoms with Crippen LogP contribution in [0.25, 0.3) is 38.7 Å². The summed E-state index contributed by atoms with van der Waals surface area (Å²) in [7, 11) is 0. The molecule has 0 amide bonds. The van der Waals surface area contributed by atoms with Crippen LogP contribution < -0.4 is 16.3 Å². The third-order valence-corrected chi connectivity index (χ3v) is 6.34. The summed E-state index contributed by atoms with van der Waals surface area (Å²) in [5.74, 6) is 0. The molecule has 2 nitrogen and oxygen atoms in total. The van der Waals surface area contributed by atoms with Crippen molar-refractivity contribution in [3.05, 3.63) is 144 Å². The molecule has 1 aliphatic heterocycles. The Labute approximate surface area is 204 Å². The van der Waals surface area contributed by atoms with Gasteiger partial charge < -0.3 is 5.73 Å². The van der Waals surface area contributed by atoms with Gasteiger partial charge in [-0.2, -0.15) is 0 Å². The van der Waals surface area contributed by atoms with E-state index in [-0.39, 0.29) is 0 Å². The van der Waals surface area contributed by atoms with Crippen molar-refractivity contribution < 1.29 is 0 Å². The number of benzene rings is 6. The van der Waals surface area contributed by atoms with E-state index in [1.807, 2.05) is 42.5 Å². The summed E-state index contributed by atoms with van der Waals surface area (Å²) >= 11 is 0. The molecule has 166 valence electrons. The number of nitrogen functional groups attached to an aromatic ring is 1. The summed E-state index contributed by atoms with van der Waals surface area (Å²) < 4.78 is 0. The van der Waals surface area contributed by atoms with Crippen molar-refractivity contribution in [3.63, 3.8) is 0 Å². The largest absolute Gasteiger partial charge is 0.397 e. The molecule has 0 saturated carbocycles. The number of rotatable bonds is 1. The highest BCUT2D eigenvalue weighted by molar-refractivity contribution is 5.98. The molecule has 6 aromatic rings. The lowest BCUT2D eigenvalue weighted by Gasteiger charge is -2.00. The van der Waals surface area contributed by atoms with Gasteiger partial charge in [-0.1, -0.05) is 97.1 Å². The van der Waals surface area contributed by atoms with E-state index in [2.05, 4.69) is 96.0 Å². The first kappa shape index (κ1) is 20.9. The Bertz CT molecular complexity index is 1700. The van der Waals surface area contributed by atoms with Crippen LogP contribution in [0.2, 0.25) is 0 Å². The summed E-state index contributed by atoms with van der Waals surface area (Å²) in [5.41, 5.74) is 11.4. The fourth-order valence-electron chi connectivity index (χ4n) is 4.64. The SMILES string of the molecule is Nc1cc(=Cc2ccccc2)cc2c1=Nc1ccccc1-2.c1ccc2cc3ccccc3cc2c1. The summed E-state index contributed by atoms with van der Waals surface area (Å²) in [4.78, 5) is 4.62. The van der Waals surface area contributed by atoms with Crippen LogP contribution >= 0.6 is 0 Å². The van der Waals surface area contributed by atoms with Gasteiger partial charge in [-0.05, 0) is 68.7 Å². The minimum atomic E-state index is 0.728. The van der Waals surface area contributed by atoms with E-state index in [1.165, 1.54) is 27.1 Å². The molecule has 2 N–H and O–H groups in total. The Balaban J connectivity index is 0.000000141. The number of anilines is 1. The molecule has 7 rings (SSSR count). The first-order valence-corrected chi connectivity index (χ1v) is 11.8. The van der Waals surface area contributed by atoms with Gasteiger partial charge in [0.2, 0.25) is 0 Å². The average molecular weight is 449 g/mol. The highest BCUT2D eigenvalue weighted by atomic mass is 14.8. The van der Waals surface area contributed by atoms with E-state index >= 15 is 0 Å². The zero-order valence-electron chi connectivity index (χ0n) is 19.2. The van der Waals surface area contributed by atoms with Gasteiger partial charge in [-0.15, -0.1) is 0 Å². The molecule has 6 aromatic carbocycles. The zero-order valence-corrected chi connectivity index (χ0v) is 19.2. The van der Waals surface area contributed by atoms with E-state index in [0.29, 0.717) is 0 Å². The third kappa shape index (κ3) is 4.18. The number of fused-ring (bicyclic) bond motifs is 5. The van der Waals surface area contributed by atoms with E-state index in [1.54, 1.807) is 0 Å². The van der Waals surface area contributed by atoms with Crippen molar-refractivity contribution in [1.29, 1.82) is 0 Å². The molecular weight excluding hydrogens is 424 g/mol. The topological polar surface area (TPSA) is 38.4 Å². The van der Waals surface area contributed by atoms with E-state index in [0.717, 1.165) is 33.1 Å². The summed E-state index contributed by atoms with van der Waals surface area (Å²) in [6.07, 6.45) is 2.14. The van der Waals surface area contributed by atoms with Crippen molar-refractivity contribution in [3.8, 4) is 11.1 Å². The molecule has 1 aliphatic rings. The normalized spacial score (nSPS) is 11.9. The maximum absolute atomic E-state index is 6.19. The average Bonchev–Trinajstić information content (AvgIpc) is 3.28. The molecule has 0 fully saturated rings. The van der Waals surface area contributed by atoms with Crippen LogP contribution in [-0.4, -0.2) is 0 Å². The predicted octanol–water partition coefficient (Wildman–Crippen LogP) is 7.02. The molecule has 0 aromatic heterocycles. The van der Waals surface area contributed by atoms with Gasteiger partial charge in [-0.25, -0.2) is 4.99 Å². The maximum Gasteiger partial charge on any atom is 0.0945 e. The van der Waals surface area contributed by atoms with Crippen molar-refractivity contribution in [2.45, 2.75) is 0 Å². The lowest BCUT2D eigenvalue weighted by atomic mass is 10.0. The number of hydrogen-bond donors (Lipinski definition) is 1. The Morgan fingerprint density at radius 3 is 1.69 bits per heavy atom. The Hall–Kier alpha value is -4.69. The fourth-order valence-corrected chi connectivity index (χ4v) is 4.64. The van der Waals surface area contributed by atoms with Gasteiger partial charge in [0.15, 0.2) is 0 Å². The molecular formula is C33H24N2. The molecule has 0 bridgehead atoms. The van der Waals surface area contributed by atoms with Gasteiger partial charge in [-0.3, -0.25) is 0 Å². The maximum atomic E-state index is 6.19. The molecule has 1 heterocycles. The first-order chi connectivity index (χ1) is 17.2. The first-order valence-electron chi connectivity index (χ1n) is 11.8. The van der Waals surface area contributed by atoms with Crippen LogP contribution in [-0.2, 0) is 0 Å². The molecule has 0 radical (unpaired) electrons. The summed E-state index contributed by atoms with van der Waals surface area (Å²) in [6.45, 7) is 0. The van der Waals surface area contributed by atoms with Crippen molar-refractivity contribution in [2.24, 2.45) is 4.99 Å². The second-order valence-corrected chi connectivity index (χ2v) is 8.74. The molecule has 0 spiro atoms. The molecule has 0 unspecified atom stereocenters. The minimum Gasteiger partial charge on any atom is -0.397 e. The Morgan fingerprint density at radius 1 is 0.514 bits per heavy atom. The second kappa shape index (κ2) is 8.92. The number of nitrogens with zero attached hydrogens (tertiary/aromatic N) is 1. The van der Waals surface area contributed by atoms with Crippen LogP contribution in [0.3, 0.4) is 0 Å². The van der Waals surface area contributed by atoms with Crippen molar-refractivity contribution >= 4 is 39.0 Å². The third-order valence-electron chi connectivity index (χ3n) is 6.34. The highest BCUT2D eigenvalue weighted by Crippen LogP contribution is 2.32. The van der Waals surface area contributed by atoms with Crippen LogP contribution in [0.4, 0.5) is 11.4 Å². The van der Waals surface area contributed by atoms with Crippen LogP contribution in [0.5, 0.6) is 0 Å². The number of hydrogen-bond acceptors (Lipinski definition) is 2. The Morgan fingerprint density at radius 2 is 1.06 bits per heavy atom. The lowest BCUT2D eigenvalue weighted by Crippen LogP contribution is -2.15. The second-order valence-electron chi connectivity index (χ2n) is 8.74. The molecule has 0 aliphatic carbocycles. The summed E-state index contributed by atoms with van der Waals surface area (Å²) in [6, 6.07) is 44.0. The minimum absolute atomic E-state index is 0.728. The van der Waals surface area contributed by atoms with Gasteiger partial charge >= 0.3 is 0 Å². The predicted molar refractivity (Wildman–Crippen MR) is 148 cm³/mol. The van der Waals surface area contributed by atoms with Gasteiger partial charge in [0.05, 0.1) is 16.7 Å². The fraction of sp³-hybridized carbons (Fsp3) is 0. The van der Waals surface area contributed by atoms with Crippen LogP contribution in [0, 0.1) is 0 Å². The van der Waals surface area contributed by atoms with E-state index in [9.17, 15) is 0 Å². The Kier molecular flexibility index (Phi) is 5.32. The lowest BCUT2D eigenvalue weighted by molar-refractivity contribution is 1.41. The summed E-state index contributed by atoms with van der Waals surface area (Å²) in [5, 5.41) is 7.24. The molecule has 35 heavy (non-hydrogen) atoms. The smallest absolute Gasteiger partial charge is 0.0945 e. The van der Waals surface area contributed by atoms with Gasteiger partial charge in [0, 0.05) is 11.1 Å². The monoisotopic (exact) mass is 448 g/mol. The standard InChI is InChI=1S/C19H14N2.C14H10/c20-17-12-14(10-13-6-2-1-3-7-13)11-16-15-8-4-5-9-18(15)21-19(16)17;1-2-6-12-10-14-8-4-3-7-13(14)9-11(12)5-1/h1-12H,20H2;1-10H. The van der Waals surface area contributed by atoms with E-state index in [4.69, 9.17) is 5.73 Å².